The van der Waals surface area contributed by atoms with Crippen LogP contribution in [0.2, 0.25) is 0 Å². The van der Waals surface area contributed by atoms with Crippen molar-refractivity contribution < 1.29 is 9.47 Å². The molecule has 0 saturated carbocycles. The second-order valence-electron chi connectivity index (χ2n) is 4.17. The summed E-state index contributed by atoms with van der Waals surface area (Å²) >= 11 is 1.69. The van der Waals surface area contributed by atoms with E-state index in [0.717, 1.165) is 32.7 Å². The fraction of sp³-hybridized carbons (Fsp3) is 0.667. The van der Waals surface area contributed by atoms with Gasteiger partial charge in [0.05, 0.1) is 12.7 Å². The Hall–Kier alpha value is -0.420. The molecule has 1 aromatic heterocycles. The van der Waals surface area contributed by atoms with E-state index in [1.165, 1.54) is 5.56 Å². The van der Waals surface area contributed by atoms with E-state index in [-0.39, 0.29) is 6.10 Å². The molecule has 1 aliphatic rings. The third-order valence-corrected chi connectivity index (χ3v) is 3.70. The average Bonchev–Trinajstić information content (AvgIpc) is 2.85. The zero-order chi connectivity index (χ0) is 11.2. The number of nitrogens with two attached hydrogens (primary N) is 1. The van der Waals surface area contributed by atoms with Crippen molar-refractivity contribution in [3.63, 3.8) is 0 Å². The van der Waals surface area contributed by atoms with Crippen LogP contribution in [0.25, 0.3) is 0 Å². The first kappa shape index (κ1) is 12.0. The first-order valence-electron chi connectivity index (χ1n) is 5.81. The molecule has 1 unspecified atom stereocenters. The average molecular weight is 241 g/mol. The van der Waals surface area contributed by atoms with Crippen LogP contribution in [0.3, 0.4) is 0 Å². The van der Waals surface area contributed by atoms with E-state index >= 15 is 0 Å². The van der Waals surface area contributed by atoms with Crippen LogP contribution < -0.4 is 5.73 Å². The van der Waals surface area contributed by atoms with E-state index < -0.39 is 0 Å². The summed E-state index contributed by atoms with van der Waals surface area (Å²) in [7, 11) is 0. The number of hydrogen-bond acceptors (Lipinski definition) is 4. The van der Waals surface area contributed by atoms with Gasteiger partial charge in [0.1, 0.15) is 0 Å². The van der Waals surface area contributed by atoms with Gasteiger partial charge < -0.3 is 15.2 Å². The lowest BCUT2D eigenvalue weighted by molar-refractivity contribution is -0.00860. The molecule has 2 heterocycles. The molecule has 3 nitrogen and oxygen atoms in total. The second kappa shape index (κ2) is 6.35. The van der Waals surface area contributed by atoms with Gasteiger partial charge in [0.25, 0.3) is 0 Å². The lowest BCUT2D eigenvalue weighted by Gasteiger charge is -2.24. The molecule has 1 saturated heterocycles. The van der Waals surface area contributed by atoms with Gasteiger partial charge in [-0.1, -0.05) is 0 Å². The van der Waals surface area contributed by atoms with E-state index in [4.69, 9.17) is 15.2 Å². The SMILES string of the molecule is NCC(OCC1CCOCC1)c1ccsc1. The van der Waals surface area contributed by atoms with Gasteiger partial charge in [0.15, 0.2) is 0 Å². The summed E-state index contributed by atoms with van der Waals surface area (Å²) in [5.41, 5.74) is 6.94. The Balaban J connectivity index is 1.78. The predicted molar refractivity (Wildman–Crippen MR) is 65.6 cm³/mol. The van der Waals surface area contributed by atoms with Crippen molar-refractivity contribution in [3.05, 3.63) is 22.4 Å². The summed E-state index contributed by atoms with van der Waals surface area (Å²) in [4.78, 5) is 0. The minimum absolute atomic E-state index is 0.0640. The lowest BCUT2D eigenvalue weighted by atomic mass is 10.0. The fourth-order valence-corrected chi connectivity index (χ4v) is 2.63. The Kier molecular flexibility index (Phi) is 4.78. The van der Waals surface area contributed by atoms with Crippen molar-refractivity contribution in [2.75, 3.05) is 26.4 Å². The Bertz CT molecular complexity index is 283. The molecule has 90 valence electrons. The second-order valence-corrected chi connectivity index (χ2v) is 4.95. The van der Waals surface area contributed by atoms with E-state index in [0.29, 0.717) is 12.5 Å². The van der Waals surface area contributed by atoms with Crippen LogP contribution in [0.1, 0.15) is 24.5 Å². The molecule has 0 aliphatic carbocycles. The highest BCUT2D eigenvalue weighted by atomic mass is 32.1. The molecule has 1 aromatic rings. The molecule has 4 heteroatoms. The molecular formula is C12H19NO2S. The number of hydrogen-bond donors (Lipinski definition) is 1. The van der Waals surface area contributed by atoms with Gasteiger partial charge in [0.2, 0.25) is 0 Å². The van der Waals surface area contributed by atoms with Crippen molar-refractivity contribution in [1.29, 1.82) is 0 Å². The number of rotatable bonds is 5. The predicted octanol–water partition coefficient (Wildman–Crippen LogP) is 2.19. The van der Waals surface area contributed by atoms with Gasteiger partial charge in [-0.2, -0.15) is 11.3 Å². The fourth-order valence-electron chi connectivity index (χ4n) is 1.92. The monoisotopic (exact) mass is 241 g/mol. The molecule has 0 amide bonds. The van der Waals surface area contributed by atoms with Gasteiger partial charge in [-0.25, -0.2) is 0 Å². The quantitative estimate of drug-likeness (QED) is 0.859. The minimum atomic E-state index is 0.0640. The summed E-state index contributed by atoms with van der Waals surface area (Å²) in [6.45, 7) is 3.11. The first-order valence-corrected chi connectivity index (χ1v) is 6.76. The highest BCUT2D eigenvalue weighted by Gasteiger charge is 2.17. The molecule has 16 heavy (non-hydrogen) atoms. The number of ether oxygens (including phenoxy) is 2. The zero-order valence-electron chi connectivity index (χ0n) is 9.43. The first-order chi connectivity index (χ1) is 7.90. The molecule has 1 atom stereocenters. The van der Waals surface area contributed by atoms with E-state index in [1.54, 1.807) is 11.3 Å². The maximum absolute atomic E-state index is 5.90. The third-order valence-electron chi connectivity index (χ3n) is 3.00. The maximum Gasteiger partial charge on any atom is 0.0955 e. The molecule has 0 aromatic carbocycles. The highest BCUT2D eigenvalue weighted by molar-refractivity contribution is 7.07. The third kappa shape index (κ3) is 3.28. The topological polar surface area (TPSA) is 44.5 Å². The molecule has 1 fully saturated rings. The van der Waals surface area contributed by atoms with Gasteiger partial charge >= 0.3 is 0 Å². The molecule has 2 N–H and O–H groups in total. The van der Waals surface area contributed by atoms with Gasteiger partial charge in [-0.3, -0.25) is 0 Å². The van der Waals surface area contributed by atoms with Crippen molar-refractivity contribution in [1.82, 2.24) is 0 Å². The smallest absolute Gasteiger partial charge is 0.0955 e. The summed E-state index contributed by atoms with van der Waals surface area (Å²) in [5, 5.41) is 4.18. The maximum atomic E-state index is 5.90. The summed E-state index contributed by atoms with van der Waals surface area (Å²) < 4.78 is 11.2. The minimum Gasteiger partial charge on any atom is -0.381 e. The van der Waals surface area contributed by atoms with Crippen LogP contribution in [0.4, 0.5) is 0 Å². The Labute approximate surface area is 101 Å². The van der Waals surface area contributed by atoms with Crippen molar-refractivity contribution in [2.45, 2.75) is 18.9 Å². The van der Waals surface area contributed by atoms with E-state index in [1.807, 2.05) is 0 Å². The van der Waals surface area contributed by atoms with Crippen LogP contribution in [0, 0.1) is 5.92 Å². The standard InChI is InChI=1S/C12H19NO2S/c13-7-12(11-3-6-16-9-11)15-8-10-1-4-14-5-2-10/h3,6,9-10,12H,1-2,4-5,7-8,13H2. The van der Waals surface area contributed by atoms with Crippen LogP contribution >= 0.6 is 11.3 Å². The lowest BCUT2D eigenvalue weighted by Crippen LogP contribution is -2.23. The van der Waals surface area contributed by atoms with Gasteiger partial charge in [-0.15, -0.1) is 0 Å². The van der Waals surface area contributed by atoms with E-state index in [2.05, 4.69) is 16.8 Å². The molecule has 0 radical (unpaired) electrons. The molecule has 2 rings (SSSR count). The highest BCUT2D eigenvalue weighted by Crippen LogP contribution is 2.22. The summed E-state index contributed by atoms with van der Waals surface area (Å²) in [6, 6.07) is 2.09. The Morgan fingerprint density at radius 3 is 2.94 bits per heavy atom. The van der Waals surface area contributed by atoms with E-state index in [9.17, 15) is 0 Å². The molecule has 0 spiro atoms. The normalized spacial score (nSPS) is 19.8. The number of thiophene rings is 1. The van der Waals surface area contributed by atoms with Gasteiger partial charge in [-0.05, 0) is 41.1 Å². The molecular weight excluding hydrogens is 222 g/mol. The molecule has 1 aliphatic heterocycles. The Morgan fingerprint density at radius 2 is 2.31 bits per heavy atom. The summed E-state index contributed by atoms with van der Waals surface area (Å²) in [5.74, 6) is 0.640. The van der Waals surface area contributed by atoms with Crippen LogP contribution in [0.5, 0.6) is 0 Å². The van der Waals surface area contributed by atoms with Crippen molar-refractivity contribution >= 4 is 11.3 Å². The largest absolute Gasteiger partial charge is 0.381 e. The zero-order valence-corrected chi connectivity index (χ0v) is 10.2. The molecule has 0 bridgehead atoms. The van der Waals surface area contributed by atoms with Crippen molar-refractivity contribution in [2.24, 2.45) is 11.7 Å². The van der Waals surface area contributed by atoms with Crippen LogP contribution in [0.15, 0.2) is 16.8 Å². The van der Waals surface area contributed by atoms with Crippen LogP contribution in [-0.2, 0) is 9.47 Å². The Morgan fingerprint density at radius 1 is 1.50 bits per heavy atom. The summed E-state index contributed by atoms with van der Waals surface area (Å²) in [6.07, 6.45) is 2.29. The van der Waals surface area contributed by atoms with Crippen molar-refractivity contribution in [3.8, 4) is 0 Å². The van der Waals surface area contributed by atoms with Crippen LogP contribution in [-0.4, -0.2) is 26.4 Å². The van der Waals surface area contributed by atoms with Gasteiger partial charge in [0, 0.05) is 19.8 Å².